The van der Waals surface area contributed by atoms with Gasteiger partial charge in [-0.2, -0.15) is 0 Å². The molecule has 62 heavy (non-hydrogen) atoms. The number of rotatable bonds is 5. The summed E-state index contributed by atoms with van der Waals surface area (Å²) in [6, 6.07) is 80.4. The Morgan fingerprint density at radius 3 is 1.81 bits per heavy atom. The Morgan fingerprint density at radius 1 is 0.371 bits per heavy atom. The minimum atomic E-state index is -0.571. The predicted molar refractivity (Wildman–Crippen MR) is 257 cm³/mol. The topological polar surface area (TPSA) is 21.3 Å². The van der Waals surface area contributed by atoms with Gasteiger partial charge in [0.15, 0.2) is 0 Å². The average Bonchev–Trinajstić information content (AvgIpc) is 3.98. The molecule has 0 atom stereocenters. The molecule has 0 fully saturated rings. The lowest BCUT2D eigenvalue weighted by atomic mass is 9.63. The van der Waals surface area contributed by atoms with Gasteiger partial charge in [-0.05, 0) is 128 Å². The number of aromatic nitrogens is 1. The van der Waals surface area contributed by atoms with E-state index >= 15 is 0 Å². The van der Waals surface area contributed by atoms with Crippen molar-refractivity contribution < 1.29 is 4.42 Å². The van der Waals surface area contributed by atoms with E-state index in [1.54, 1.807) is 0 Å². The molecule has 0 saturated carbocycles. The standard InChI is InChI=1S/C59H36N2O/c1-3-14-37(15-4-1)38-26-29-41(30-27-38)61-52-24-13-23-50-57(52)58-53(61)32-28-39-34-43(36-51(56(39)58)59(50)48-21-10-7-18-44(48)45-19-8-11-22-49(45)59)60(40-16-5-2-6-17-40)42-31-33-55-47(35-42)46-20-9-12-25-54(46)62-55/h1-36H. The number of nitrogens with zero attached hydrogens (tertiary/aromatic N) is 2. The second-order valence-electron chi connectivity index (χ2n) is 16.8. The van der Waals surface area contributed by atoms with E-state index in [4.69, 9.17) is 4.42 Å². The second-order valence-corrected chi connectivity index (χ2v) is 16.8. The van der Waals surface area contributed by atoms with E-state index in [-0.39, 0.29) is 0 Å². The smallest absolute Gasteiger partial charge is 0.135 e. The Kier molecular flexibility index (Phi) is 6.76. The first-order valence-electron chi connectivity index (χ1n) is 21.4. The van der Waals surface area contributed by atoms with Crippen molar-refractivity contribution >= 4 is 71.6 Å². The molecule has 1 spiro atoms. The van der Waals surface area contributed by atoms with E-state index in [1.165, 1.54) is 77.1 Å². The molecule has 0 amide bonds. The molecule has 2 heterocycles. The van der Waals surface area contributed by atoms with Gasteiger partial charge in [-0.3, -0.25) is 0 Å². The second kappa shape index (κ2) is 12.4. The van der Waals surface area contributed by atoms with Crippen molar-refractivity contribution in [3.8, 4) is 27.9 Å². The van der Waals surface area contributed by atoms with E-state index in [0.717, 1.165) is 44.7 Å². The van der Waals surface area contributed by atoms with Crippen LogP contribution in [0.5, 0.6) is 0 Å². The first-order valence-corrected chi connectivity index (χ1v) is 21.4. The Morgan fingerprint density at radius 2 is 1.02 bits per heavy atom. The fraction of sp³-hybridized carbons (Fsp3) is 0.0169. The van der Waals surface area contributed by atoms with Crippen molar-refractivity contribution in [3.05, 3.63) is 241 Å². The maximum Gasteiger partial charge on any atom is 0.135 e. The highest BCUT2D eigenvalue weighted by atomic mass is 16.3. The third-order valence-corrected chi connectivity index (χ3v) is 13.7. The largest absolute Gasteiger partial charge is 0.456 e. The molecule has 0 bridgehead atoms. The summed E-state index contributed by atoms with van der Waals surface area (Å²) in [6.07, 6.45) is 0. The number of hydrogen-bond donors (Lipinski definition) is 0. The summed E-state index contributed by atoms with van der Waals surface area (Å²) in [4.78, 5) is 2.43. The van der Waals surface area contributed by atoms with E-state index < -0.39 is 5.41 Å². The van der Waals surface area contributed by atoms with Crippen LogP contribution in [-0.4, -0.2) is 4.57 Å². The van der Waals surface area contributed by atoms with Crippen LogP contribution in [0.4, 0.5) is 17.1 Å². The monoisotopic (exact) mass is 788 g/mol. The molecule has 10 aromatic carbocycles. The molecule has 2 aliphatic rings. The quantitative estimate of drug-likeness (QED) is 0.173. The molecule has 2 aliphatic carbocycles. The number of furan rings is 1. The highest BCUT2D eigenvalue weighted by Gasteiger charge is 2.50. The average molecular weight is 789 g/mol. The van der Waals surface area contributed by atoms with E-state index in [9.17, 15) is 0 Å². The minimum Gasteiger partial charge on any atom is -0.456 e. The molecule has 2 aromatic heterocycles. The molecule has 3 nitrogen and oxygen atoms in total. The zero-order valence-electron chi connectivity index (χ0n) is 33.6. The van der Waals surface area contributed by atoms with Crippen LogP contribution in [0.15, 0.2) is 223 Å². The summed E-state index contributed by atoms with van der Waals surface area (Å²) in [5.74, 6) is 0. The Labute approximate surface area is 358 Å². The summed E-state index contributed by atoms with van der Waals surface area (Å²) in [5, 5.41) is 7.38. The normalized spacial score (nSPS) is 13.3. The maximum absolute atomic E-state index is 6.34. The molecule has 0 N–H and O–H groups in total. The van der Waals surface area contributed by atoms with Crippen molar-refractivity contribution in [2.75, 3.05) is 4.90 Å². The van der Waals surface area contributed by atoms with Crippen molar-refractivity contribution in [1.82, 2.24) is 4.57 Å². The molecule has 0 aliphatic heterocycles. The summed E-state index contributed by atoms with van der Waals surface area (Å²) in [5.41, 5.74) is 18.4. The van der Waals surface area contributed by atoms with Crippen LogP contribution in [0.3, 0.4) is 0 Å². The third-order valence-electron chi connectivity index (χ3n) is 13.7. The fourth-order valence-electron chi connectivity index (χ4n) is 11.3. The minimum absolute atomic E-state index is 0.571. The van der Waals surface area contributed by atoms with Gasteiger partial charge >= 0.3 is 0 Å². The van der Waals surface area contributed by atoms with E-state index in [2.05, 4.69) is 222 Å². The van der Waals surface area contributed by atoms with Crippen LogP contribution >= 0.6 is 0 Å². The highest BCUT2D eigenvalue weighted by Crippen LogP contribution is 2.63. The molecule has 0 unspecified atom stereocenters. The molecule has 14 rings (SSSR count). The molecule has 3 heteroatoms. The van der Waals surface area contributed by atoms with Crippen LogP contribution in [0, 0.1) is 0 Å². The van der Waals surface area contributed by atoms with Gasteiger partial charge in [0.2, 0.25) is 0 Å². The van der Waals surface area contributed by atoms with Crippen LogP contribution in [0.2, 0.25) is 0 Å². The summed E-state index contributed by atoms with van der Waals surface area (Å²) in [6.45, 7) is 0. The Hall–Kier alpha value is -8.14. The maximum atomic E-state index is 6.34. The zero-order valence-corrected chi connectivity index (χ0v) is 33.6. The third kappa shape index (κ3) is 4.39. The number of fused-ring (bicyclic) bond motifs is 10. The number of anilines is 3. The lowest BCUT2D eigenvalue weighted by molar-refractivity contribution is 0.669. The number of hydrogen-bond acceptors (Lipinski definition) is 2. The lowest BCUT2D eigenvalue weighted by Gasteiger charge is -2.39. The van der Waals surface area contributed by atoms with Gasteiger partial charge in [-0.25, -0.2) is 0 Å². The molecular weight excluding hydrogens is 753 g/mol. The van der Waals surface area contributed by atoms with E-state index in [1.807, 2.05) is 6.07 Å². The lowest BCUT2D eigenvalue weighted by Crippen LogP contribution is -2.31. The van der Waals surface area contributed by atoms with Crippen LogP contribution < -0.4 is 4.90 Å². The first-order chi connectivity index (χ1) is 30.8. The summed E-state index contributed by atoms with van der Waals surface area (Å²) < 4.78 is 8.83. The van der Waals surface area contributed by atoms with Crippen LogP contribution in [0.25, 0.3) is 82.5 Å². The SMILES string of the molecule is c1ccc(-c2ccc(-n3c4cccc5c4c4c6c(cc(N(c7ccccc7)c7ccc8oc9ccccc9c8c7)cc6ccc43)C53c4ccccc4-c4ccccc43)cc2)cc1. The Bertz CT molecular complexity index is 3760. The number of para-hydroxylation sites is 2. The van der Waals surface area contributed by atoms with Gasteiger partial charge in [0.1, 0.15) is 11.2 Å². The van der Waals surface area contributed by atoms with Gasteiger partial charge < -0.3 is 13.9 Å². The van der Waals surface area contributed by atoms with E-state index in [0.29, 0.717) is 0 Å². The van der Waals surface area contributed by atoms with Crippen LogP contribution in [-0.2, 0) is 5.41 Å². The van der Waals surface area contributed by atoms with Gasteiger partial charge in [-0.1, -0.05) is 146 Å². The molecule has 12 aromatic rings. The molecule has 0 saturated heterocycles. The van der Waals surface area contributed by atoms with Crippen molar-refractivity contribution in [1.29, 1.82) is 0 Å². The summed E-state index contributed by atoms with van der Waals surface area (Å²) in [7, 11) is 0. The van der Waals surface area contributed by atoms with Crippen molar-refractivity contribution in [2.45, 2.75) is 5.41 Å². The molecule has 288 valence electrons. The van der Waals surface area contributed by atoms with Gasteiger partial charge in [-0.15, -0.1) is 0 Å². The first kappa shape index (κ1) is 33.7. The predicted octanol–water partition coefficient (Wildman–Crippen LogP) is 15.6. The Balaban J connectivity index is 1.10. The zero-order chi connectivity index (χ0) is 40.5. The molecule has 0 radical (unpaired) electrons. The van der Waals surface area contributed by atoms with Crippen molar-refractivity contribution in [3.63, 3.8) is 0 Å². The number of benzene rings is 10. The van der Waals surface area contributed by atoms with Gasteiger partial charge in [0.05, 0.1) is 16.4 Å². The van der Waals surface area contributed by atoms with Crippen molar-refractivity contribution in [2.24, 2.45) is 0 Å². The fourth-order valence-corrected chi connectivity index (χ4v) is 11.3. The highest BCUT2D eigenvalue weighted by molar-refractivity contribution is 6.27. The van der Waals surface area contributed by atoms with Gasteiger partial charge in [0.25, 0.3) is 0 Å². The molecular formula is C59H36N2O. The van der Waals surface area contributed by atoms with Gasteiger partial charge in [0, 0.05) is 44.3 Å². The summed E-state index contributed by atoms with van der Waals surface area (Å²) >= 11 is 0. The van der Waals surface area contributed by atoms with Crippen LogP contribution in [0.1, 0.15) is 22.3 Å².